The van der Waals surface area contributed by atoms with Crippen LogP contribution < -0.4 is 10.9 Å². The monoisotopic (exact) mass is 267 g/mol. The highest BCUT2D eigenvalue weighted by Crippen LogP contribution is 2.16. The third-order valence-electron chi connectivity index (χ3n) is 3.06. The van der Waals surface area contributed by atoms with Crippen LogP contribution >= 0.6 is 0 Å². The van der Waals surface area contributed by atoms with Crippen molar-refractivity contribution in [3.8, 4) is 5.69 Å². The molecule has 2 rings (SSSR count). The number of benzene rings is 1. The lowest BCUT2D eigenvalue weighted by molar-refractivity contribution is 0.976. The molecule has 1 aromatic heterocycles. The maximum absolute atomic E-state index is 12.1. The highest BCUT2D eigenvalue weighted by Gasteiger charge is 2.08. The summed E-state index contributed by atoms with van der Waals surface area (Å²) in [6.07, 6.45) is 4.80. The smallest absolute Gasteiger partial charge is 0.255 e. The van der Waals surface area contributed by atoms with E-state index in [4.69, 9.17) is 5.41 Å². The normalized spacial score (nSPS) is 11.2. The Labute approximate surface area is 117 Å². The van der Waals surface area contributed by atoms with Gasteiger partial charge in [0, 0.05) is 48.5 Å². The molecule has 2 aromatic rings. The molecule has 0 aliphatic carbocycles. The van der Waals surface area contributed by atoms with Gasteiger partial charge < -0.3 is 10.7 Å². The zero-order valence-corrected chi connectivity index (χ0v) is 11.6. The van der Waals surface area contributed by atoms with Crippen LogP contribution in [0.2, 0.25) is 0 Å². The Balaban J connectivity index is 2.65. The van der Waals surface area contributed by atoms with Gasteiger partial charge in [0.05, 0.1) is 0 Å². The molecule has 4 heteroatoms. The SMILES string of the molecule is CN/C=C(\C=N)c1cn(-c2ccccc2)c(=O)cc1C. The first kappa shape index (κ1) is 13.8. The molecule has 102 valence electrons. The number of allylic oxidation sites excluding steroid dienone is 1. The summed E-state index contributed by atoms with van der Waals surface area (Å²) < 4.78 is 1.59. The molecule has 0 spiro atoms. The number of aryl methyl sites for hydroxylation is 1. The summed E-state index contributed by atoms with van der Waals surface area (Å²) in [5, 5.41) is 10.4. The number of para-hydroxylation sites is 1. The first-order valence-electron chi connectivity index (χ1n) is 6.34. The average molecular weight is 267 g/mol. The van der Waals surface area contributed by atoms with Gasteiger partial charge in [-0.05, 0) is 24.6 Å². The van der Waals surface area contributed by atoms with Crippen molar-refractivity contribution in [2.24, 2.45) is 0 Å². The van der Waals surface area contributed by atoms with Crippen molar-refractivity contribution in [1.82, 2.24) is 9.88 Å². The second-order valence-electron chi connectivity index (χ2n) is 4.45. The third kappa shape index (κ3) is 2.69. The average Bonchev–Trinajstić information content (AvgIpc) is 2.46. The van der Waals surface area contributed by atoms with Crippen molar-refractivity contribution in [2.75, 3.05) is 7.05 Å². The summed E-state index contributed by atoms with van der Waals surface area (Å²) in [5.41, 5.74) is 3.18. The van der Waals surface area contributed by atoms with Gasteiger partial charge in [-0.2, -0.15) is 0 Å². The lowest BCUT2D eigenvalue weighted by atomic mass is 10.0. The molecular weight excluding hydrogens is 250 g/mol. The number of hydrogen-bond donors (Lipinski definition) is 2. The van der Waals surface area contributed by atoms with E-state index in [1.165, 1.54) is 6.21 Å². The van der Waals surface area contributed by atoms with Crippen molar-refractivity contribution in [3.63, 3.8) is 0 Å². The van der Waals surface area contributed by atoms with Crippen LogP contribution in [-0.2, 0) is 0 Å². The van der Waals surface area contributed by atoms with Crippen molar-refractivity contribution >= 4 is 11.8 Å². The molecule has 0 aliphatic heterocycles. The predicted molar refractivity (Wildman–Crippen MR) is 82.6 cm³/mol. The van der Waals surface area contributed by atoms with Gasteiger partial charge in [0.15, 0.2) is 0 Å². The first-order valence-corrected chi connectivity index (χ1v) is 6.34. The summed E-state index contributed by atoms with van der Waals surface area (Å²) in [6.45, 7) is 1.87. The molecule has 0 aliphatic rings. The maximum atomic E-state index is 12.1. The Morgan fingerprint density at radius 2 is 2.00 bits per heavy atom. The third-order valence-corrected chi connectivity index (χ3v) is 3.06. The van der Waals surface area contributed by atoms with Crippen LogP contribution in [0.3, 0.4) is 0 Å². The number of nitrogens with one attached hydrogen (secondary N) is 2. The minimum absolute atomic E-state index is 0.0776. The van der Waals surface area contributed by atoms with Crippen LogP contribution in [0.4, 0.5) is 0 Å². The van der Waals surface area contributed by atoms with Crippen molar-refractivity contribution < 1.29 is 0 Å². The Bertz CT molecular complexity index is 699. The number of pyridine rings is 1. The number of hydrogen-bond acceptors (Lipinski definition) is 3. The second-order valence-corrected chi connectivity index (χ2v) is 4.45. The standard InChI is InChI=1S/C16H17N3O/c1-12-8-16(20)19(14-6-4-3-5-7-14)11-15(12)13(9-17)10-18-2/h3-11,17-18H,1-2H3/b13-10+,17-9?. The Hall–Kier alpha value is -2.62. The molecule has 1 heterocycles. The van der Waals surface area contributed by atoms with E-state index in [0.29, 0.717) is 0 Å². The lowest BCUT2D eigenvalue weighted by Crippen LogP contribution is -2.18. The van der Waals surface area contributed by atoms with Gasteiger partial charge in [0.2, 0.25) is 0 Å². The van der Waals surface area contributed by atoms with Gasteiger partial charge in [-0.25, -0.2) is 0 Å². The molecule has 0 atom stereocenters. The van der Waals surface area contributed by atoms with E-state index in [1.807, 2.05) is 37.3 Å². The fourth-order valence-electron chi connectivity index (χ4n) is 2.07. The van der Waals surface area contributed by atoms with Crippen LogP contribution in [0.15, 0.2) is 53.6 Å². The number of aromatic nitrogens is 1. The minimum atomic E-state index is -0.0776. The highest BCUT2D eigenvalue weighted by molar-refractivity contribution is 6.08. The molecule has 0 amide bonds. The largest absolute Gasteiger partial charge is 0.393 e. The quantitative estimate of drug-likeness (QED) is 0.835. The van der Waals surface area contributed by atoms with Gasteiger partial charge in [-0.3, -0.25) is 9.36 Å². The topological polar surface area (TPSA) is 57.9 Å². The predicted octanol–water partition coefficient (Wildman–Crippen LogP) is 2.36. The molecule has 0 saturated carbocycles. The summed E-state index contributed by atoms with van der Waals surface area (Å²) in [6, 6.07) is 11.0. The van der Waals surface area contributed by atoms with Crippen molar-refractivity contribution in [2.45, 2.75) is 6.92 Å². The zero-order valence-electron chi connectivity index (χ0n) is 11.6. The van der Waals surface area contributed by atoms with Gasteiger partial charge >= 0.3 is 0 Å². The van der Waals surface area contributed by atoms with E-state index in [1.54, 1.807) is 30.1 Å². The minimum Gasteiger partial charge on any atom is -0.393 e. The summed E-state index contributed by atoms with van der Waals surface area (Å²) in [4.78, 5) is 12.1. The molecule has 0 bridgehead atoms. The Morgan fingerprint density at radius 3 is 2.60 bits per heavy atom. The molecule has 0 fully saturated rings. The molecular formula is C16H17N3O. The van der Waals surface area contributed by atoms with E-state index in [-0.39, 0.29) is 5.56 Å². The summed E-state index contributed by atoms with van der Waals surface area (Å²) in [7, 11) is 1.78. The van der Waals surface area contributed by atoms with Crippen LogP contribution in [0.25, 0.3) is 11.3 Å². The molecule has 0 saturated heterocycles. The van der Waals surface area contributed by atoms with E-state index >= 15 is 0 Å². The van der Waals surface area contributed by atoms with E-state index < -0.39 is 0 Å². The molecule has 0 radical (unpaired) electrons. The molecule has 1 aromatic carbocycles. The van der Waals surface area contributed by atoms with E-state index in [0.717, 1.165) is 22.4 Å². The summed E-state index contributed by atoms with van der Waals surface area (Å²) >= 11 is 0. The fraction of sp³-hybridized carbons (Fsp3) is 0.125. The van der Waals surface area contributed by atoms with Gasteiger partial charge in [-0.15, -0.1) is 0 Å². The van der Waals surface area contributed by atoms with E-state index in [9.17, 15) is 4.79 Å². The van der Waals surface area contributed by atoms with E-state index in [2.05, 4.69) is 5.32 Å². The fourth-order valence-corrected chi connectivity index (χ4v) is 2.07. The van der Waals surface area contributed by atoms with Crippen LogP contribution in [-0.4, -0.2) is 17.8 Å². The van der Waals surface area contributed by atoms with Crippen molar-refractivity contribution in [3.05, 3.63) is 70.3 Å². The summed E-state index contributed by atoms with van der Waals surface area (Å²) in [5.74, 6) is 0. The lowest BCUT2D eigenvalue weighted by Gasteiger charge is -2.11. The van der Waals surface area contributed by atoms with Gasteiger partial charge in [0.1, 0.15) is 0 Å². The molecule has 4 nitrogen and oxygen atoms in total. The highest BCUT2D eigenvalue weighted by atomic mass is 16.1. The van der Waals surface area contributed by atoms with Crippen molar-refractivity contribution in [1.29, 1.82) is 5.41 Å². The number of rotatable bonds is 4. The van der Waals surface area contributed by atoms with Gasteiger partial charge in [0.25, 0.3) is 5.56 Å². The Morgan fingerprint density at radius 1 is 1.30 bits per heavy atom. The molecule has 2 N–H and O–H groups in total. The molecule has 0 unspecified atom stereocenters. The van der Waals surface area contributed by atoms with Gasteiger partial charge in [-0.1, -0.05) is 18.2 Å². The molecule has 20 heavy (non-hydrogen) atoms. The number of nitrogens with zero attached hydrogens (tertiary/aromatic N) is 1. The Kier molecular flexibility index (Phi) is 4.15. The zero-order chi connectivity index (χ0) is 14.5. The van der Waals surface area contributed by atoms with Crippen LogP contribution in [0, 0.1) is 12.3 Å². The van der Waals surface area contributed by atoms with Crippen LogP contribution in [0.5, 0.6) is 0 Å². The first-order chi connectivity index (χ1) is 9.67. The second kappa shape index (κ2) is 6.02. The maximum Gasteiger partial charge on any atom is 0.255 e. The van der Waals surface area contributed by atoms with Crippen LogP contribution in [0.1, 0.15) is 11.1 Å².